The van der Waals surface area contributed by atoms with Crippen molar-refractivity contribution >= 4 is 43.2 Å². The molecular formula is C15H12BrFN2S. The molecule has 3 aromatic rings. The van der Waals surface area contributed by atoms with Crippen LogP contribution in [0.5, 0.6) is 0 Å². The summed E-state index contributed by atoms with van der Waals surface area (Å²) in [5.74, 6) is -0.257. The zero-order chi connectivity index (χ0) is 14.1. The van der Waals surface area contributed by atoms with E-state index >= 15 is 0 Å². The zero-order valence-corrected chi connectivity index (χ0v) is 13.1. The summed E-state index contributed by atoms with van der Waals surface area (Å²) in [5, 5.41) is 4.28. The molecule has 1 N–H and O–H groups in total. The van der Waals surface area contributed by atoms with Gasteiger partial charge in [-0.25, -0.2) is 9.37 Å². The largest absolute Gasteiger partial charge is 0.375 e. The molecule has 1 unspecified atom stereocenters. The molecule has 0 aliphatic rings. The minimum atomic E-state index is -0.257. The van der Waals surface area contributed by atoms with E-state index in [-0.39, 0.29) is 11.9 Å². The normalized spacial score (nSPS) is 12.6. The van der Waals surface area contributed by atoms with Gasteiger partial charge in [0.25, 0.3) is 0 Å². The Hall–Kier alpha value is -1.46. The number of hydrogen-bond donors (Lipinski definition) is 1. The van der Waals surface area contributed by atoms with Crippen LogP contribution in [0.2, 0.25) is 0 Å². The van der Waals surface area contributed by atoms with E-state index in [9.17, 15) is 4.39 Å². The summed E-state index contributed by atoms with van der Waals surface area (Å²) in [4.78, 5) is 4.61. The topological polar surface area (TPSA) is 24.9 Å². The van der Waals surface area contributed by atoms with Gasteiger partial charge in [-0.3, -0.25) is 0 Å². The van der Waals surface area contributed by atoms with Crippen molar-refractivity contribution in [1.82, 2.24) is 4.98 Å². The van der Waals surface area contributed by atoms with Gasteiger partial charge in [0.05, 0.1) is 21.9 Å². The van der Waals surface area contributed by atoms with Crippen LogP contribution in [0.1, 0.15) is 18.0 Å². The second-order valence-corrected chi connectivity index (χ2v) is 6.43. The van der Waals surface area contributed by atoms with Crippen LogP contribution in [0.3, 0.4) is 0 Å². The molecule has 0 aliphatic heterocycles. The number of nitrogens with zero attached hydrogens (tertiary/aromatic N) is 1. The molecule has 5 heteroatoms. The highest BCUT2D eigenvalue weighted by molar-refractivity contribution is 9.10. The Kier molecular flexibility index (Phi) is 3.72. The maximum Gasteiger partial charge on any atom is 0.125 e. The van der Waals surface area contributed by atoms with Gasteiger partial charge < -0.3 is 5.32 Å². The molecule has 0 bridgehead atoms. The molecule has 0 aliphatic carbocycles. The summed E-state index contributed by atoms with van der Waals surface area (Å²) >= 11 is 5.07. The van der Waals surface area contributed by atoms with E-state index in [1.165, 1.54) is 12.1 Å². The highest BCUT2D eigenvalue weighted by Gasteiger charge is 2.13. The van der Waals surface area contributed by atoms with Gasteiger partial charge >= 0.3 is 0 Å². The maximum absolute atomic E-state index is 13.3. The molecule has 0 spiro atoms. The Morgan fingerprint density at radius 3 is 2.85 bits per heavy atom. The SMILES string of the molecule is CC(Nc1cc(F)ccc1Br)c1nc2ccccc2s1. The van der Waals surface area contributed by atoms with Gasteiger partial charge in [0, 0.05) is 4.47 Å². The van der Waals surface area contributed by atoms with Crippen molar-refractivity contribution in [2.45, 2.75) is 13.0 Å². The lowest BCUT2D eigenvalue weighted by molar-refractivity contribution is 0.627. The number of thiazole rings is 1. The van der Waals surface area contributed by atoms with E-state index < -0.39 is 0 Å². The van der Waals surface area contributed by atoms with Gasteiger partial charge in [-0.2, -0.15) is 0 Å². The quantitative estimate of drug-likeness (QED) is 0.686. The third-order valence-electron chi connectivity index (χ3n) is 2.98. The molecule has 1 heterocycles. The van der Waals surface area contributed by atoms with Crippen molar-refractivity contribution in [3.8, 4) is 0 Å². The van der Waals surface area contributed by atoms with Crippen molar-refractivity contribution in [3.05, 3.63) is 57.8 Å². The number of anilines is 1. The van der Waals surface area contributed by atoms with Gasteiger partial charge in [0.2, 0.25) is 0 Å². The fourth-order valence-corrected chi connectivity index (χ4v) is 3.31. The average molecular weight is 351 g/mol. The van der Waals surface area contributed by atoms with Crippen LogP contribution in [0.4, 0.5) is 10.1 Å². The molecule has 1 atom stereocenters. The average Bonchev–Trinajstić information content (AvgIpc) is 2.87. The van der Waals surface area contributed by atoms with E-state index in [0.717, 1.165) is 25.4 Å². The number of hydrogen-bond acceptors (Lipinski definition) is 3. The van der Waals surface area contributed by atoms with Crippen LogP contribution in [0.15, 0.2) is 46.9 Å². The first-order valence-corrected chi connectivity index (χ1v) is 7.81. The summed E-state index contributed by atoms with van der Waals surface area (Å²) in [6.45, 7) is 2.02. The molecule has 1 aromatic heterocycles. The Morgan fingerprint density at radius 2 is 2.05 bits per heavy atom. The maximum atomic E-state index is 13.3. The Bertz CT molecular complexity index is 723. The first kappa shape index (κ1) is 13.5. The Labute approximate surface area is 128 Å². The van der Waals surface area contributed by atoms with Crippen molar-refractivity contribution in [3.63, 3.8) is 0 Å². The third-order valence-corrected chi connectivity index (χ3v) is 4.89. The summed E-state index contributed by atoms with van der Waals surface area (Å²) in [5.41, 5.74) is 1.73. The van der Waals surface area contributed by atoms with E-state index in [0.29, 0.717) is 0 Å². The summed E-state index contributed by atoms with van der Waals surface area (Å²) in [6, 6.07) is 12.7. The van der Waals surface area contributed by atoms with Crippen molar-refractivity contribution in [2.75, 3.05) is 5.32 Å². The van der Waals surface area contributed by atoms with E-state index in [1.54, 1.807) is 17.4 Å². The van der Waals surface area contributed by atoms with E-state index in [2.05, 4.69) is 32.3 Å². The van der Waals surface area contributed by atoms with Crippen LogP contribution in [-0.2, 0) is 0 Å². The fourth-order valence-electron chi connectivity index (χ4n) is 1.98. The van der Waals surface area contributed by atoms with Gasteiger partial charge in [-0.15, -0.1) is 11.3 Å². The molecule has 0 saturated carbocycles. The molecule has 20 heavy (non-hydrogen) atoms. The molecule has 3 rings (SSSR count). The third kappa shape index (κ3) is 2.69. The molecule has 102 valence electrons. The lowest BCUT2D eigenvalue weighted by atomic mass is 10.2. The summed E-state index contributed by atoms with van der Waals surface area (Å²) in [6.07, 6.45) is 0. The molecule has 0 saturated heterocycles. The number of aromatic nitrogens is 1. The standard InChI is InChI=1S/C15H12BrFN2S/c1-9(18-13-8-10(17)6-7-11(13)16)15-19-12-4-2-3-5-14(12)20-15/h2-9,18H,1H3. The van der Waals surface area contributed by atoms with Crippen LogP contribution in [-0.4, -0.2) is 4.98 Å². The van der Waals surface area contributed by atoms with Gasteiger partial charge in [0.15, 0.2) is 0 Å². The van der Waals surface area contributed by atoms with Gasteiger partial charge in [0.1, 0.15) is 10.8 Å². The van der Waals surface area contributed by atoms with Crippen LogP contribution < -0.4 is 5.32 Å². The van der Waals surface area contributed by atoms with Crippen molar-refractivity contribution < 1.29 is 4.39 Å². The summed E-state index contributed by atoms with van der Waals surface area (Å²) in [7, 11) is 0. The second-order valence-electron chi connectivity index (χ2n) is 4.51. The van der Waals surface area contributed by atoms with Crippen LogP contribution in [0, 0.1) is 5.82 Å². The smallest absolute Gasteiger partial charge is 0.125 e. The predicted molar refractivity (Wildman–Crippen MR) is 85.8 cm³/mol. The molecule has 0 fully saturated rings. The van der Waals surface area contributed by atoms with E-state index in [1.807, 2.05) is 25.1 Å². The highest BCUT2D eigenvalue weighted by atomic mass is 79.9. The van der Waals surface area contributed by atoms with Gasteiger partial charge in [-0.1, -0.05) is 12.1 Å². The Balaban J connectivity index is 1.88. The van der Waals surface area contributed by atoms with E-state index in [4.69, 9.17) is 0 Å². The summed E-state index contributed by atoms with van der Waals surface area (Å²) < 4.78 is 15.3. The molecule has 0 radical (unpaired) electrons. The number of fused-ring (bicyclic) bond motifs is 1. The first-order valence-electron chi connectivity index (χ1n) is 6.20. The van der Waals surface area contributed by atoms with Gasteiger partial charge in [-0.05, 0) is 53.2 Å². The van der Waals surface area contributed by atoms with Crippen molar-refractivity contribution in [1.29, 1.82) is 0 Å². The lowest BCUT2D eigenvalue weighted by Gasteiger charge is -2.14. The molecule has 2 aromatic carbocycles. The molecular weight excluding hydrogens is 339 g/mol. The number of halogens is 2. The first-order chi connectivity index (χ1) is 9.63. The lowest BCUT2D eigenvalue weighted by Crippen LogP contribution is -2.06. The highest BCUT2D eigenvalue weighted by Crippen LogP contribution is 2.31. The molecule has 0 amide bonds. The fraction of sp³-hybridized carbons (Fsp3) is 0.133. The minimum absolute atomic E-state index is 0.0190. The zero-order valence-electron chi connectivity index (χ0n) is 10.7. The van der Waals surface area contributed by atoms with Crippen LogP contribution in [0.25, 0.3) is 10.2 Å². The monoisotopic (exact) mass is 350 g/mol. The van der Waals surface area contributed by atoms with Crippen LogP contribution >= 0.6 is 27.3 Å². The van der Waals surface area contributed by atoms with Crippen molar-refractivity contribution in [2.24, 2.45) is 0 Å². The predicted octanol–water partition coefficient (Wildman–Crippen LogP) is 5.37. The Morgan fingerprint density at radius 1 is 1.25 bits per heavy atom. The number of para-hydroxylation sites is 1. The number of nitrogens with one attached hydrogen (secondary N) is 1. The number of benzene rings is 2. The molecule has 2 nitrogen and oxygen atoms in total. The number of rotatable bonds is 3. The minimum Gasteiger partial charge on any atom is -0.375 e. The second kappa shape index (κ2) is 5.50.